The fraction of sp³-hybridized carbons (Fsp3) is 0.562. The van der Waals surface area contributed by atoms with Crippen LogP contribution in [0.2, 0.25) is 0 Å². The van der Waals surface area contributed by atoms with Gasteiger partial charge in [0.05, 0.1) is 11.0 Å². The van der Waals surface area contributed by atoms with E-state index in [2.05, 4.69) is 0 Å². The van der Waals surface area contributed by atoms with Crippen LogP contribution in [0.15, 0.2) is 24.3 Å². The Labute approximate surface area is 115 Å². The van der Waals surface area contributed by atoms with Crippen molar-refractivity contribution in [3.8, 4) is 0 Å². The molecule has 0 aliphatic rings. The summed E-state index contributed by atoms with van der Waals surface area (Å²) in [4.78, 5) is 11.8. The van der Waals surface area contributed by atoms with Gasteiger partial charge in [-0.25, -0.2) is 0 Å². The predicted octanol–water partition coefficient (Wildman–Crippen LogP) is 3.39. The van der Waals surface area contributed by atoms with Crippen LogP contribution < -0.4 is 0 Å². The molecule has 0 radical (unpaired) electrons. The summed E-state index contributed by atoms with van der Waals surface area (Å²) >= 11 is 0. The lowest BCUT2D eigenvalue weighted by molar-refractivity contribution is -0.155. The molecule has 106 valence electrons. The van der Waals surface area contributed by atoms with Crippen LogP contribution in [-0.2, 0) is 21.7 Å². The minimum absolute atomic E-state index is 0.179. The lowest BCUT2D eigenvalue weighted by atomic mass is 9.91. The van der Waals surface area contributed by atoms with Gasteiger partial charge in [0.1, 0.15) is 6.61 Å². The van der Waals surface area contributed by atoms with Crippen LogP contribution in [0.3, 0.4) is 0 Å². The molecule has 0 fully saturated rings. The van der Waals surface area contributed by atoms with Crippen molar-refractivity contribution in [2.24, 2.45) is 5.41 Å². The maximum Gasteiger partial charge on any atom is 0.311 e. The lowest BCUT2D eigenvalue weighted by Gasteiger charge is -2.21. The van der Waals surface area contributed by atoms with E-state index in [0.29, 0.717) is 0 Å². The molecule has 3 heteroatoms. The third kappa shape index (κ3) is 4.35. The van der Waals surface area contributed by atoms with Crippen molar-refractivity contribution in [3.63, 3.8) is 0 Å². The molecule has 0 aliphatic carbocycles. The molecule has 1 aromatic carbocycles. The zero-order chi connectivity index (χ0) is 14.7. The van der Waals surface area contributed by atoms with E-state index in [4.69, 9.17) is 4.74 Å². The minimum atomic E-state index is -0.848. The fourth-order valence-electron chi connectivity index (χ4n) is 1.50. The van der Waals surface area contributed by atoms with Crippen molar-refractivity contribution in [2.75, 3.05) is 0 Å². The van der Waals surface area contributed by atoms with Gasteiger partial charge in [0.25, 0.3) is 0 Å². The summed E-state index contributed by atoms with van der Waals surface area (Å²) in [5.41, 5.74) is 0.483. The summed E-state index contributed by atoms with van der Waals surface area (Å²) in [6.45, 7) is 9.49. The van der Waals surface area contributed by atoms with E-state index in [9.17, 15) is 9.90 Å². The predicted molar refractivity (Wildman–Crippen MR) is 75.6 cm³/mol. The van der Waals surface area contributed by atoms with Crippen molar-refractivity contribution in [2.45, 2.75) is 53.2 Å². The Morgan fingerprint density at radius 2 is 1.68 bits per heavy atom. The molecule has 0 saturated heterocycles. The van der Waals surface area contributed by atoms with Gasteiger partial charge < -0.3 is 9.84 Å². The van der Waals surface area contributed by atoms with Gasteiger partial charge >= 0.3 is 5.97 Å². The Bertz CT molecular complexity index is 424. The quantitative estimate of drug-likeness (QED) is 0.829. The standard InChI is InChI=1S/C16H24O3/c1-6-15(2,3)14(17)19-11-12-7-9-13(10-8-12)16(4,5)18/h7-10,18H,6,11H2,1-5H3. The first-order chi connectivity index (χ1) is 8.66. The van der Waals surface area contributed by atoms with Crippen molar-refractivity contribution in [3.05, 3.63) is 35.4 Å². The number of hydrogen-bond acceptors (Lipinski definition) is 3. The molecule has 1 aromatic rings. The first-order valence-corrected chi connectivity index (χ1v) is 6.66. The molecule has 0 unspecified atom stereocenters. The summed E-state index contributed by atoms with van der Waals surface area (Å²) in [6.07, 6.45) is 0.753. The third-order valence-corrected chi connectivity index (χ3v) is 3.47. The van der Waals surface area contributed by atoms with Crippen molar-refractivity contribution in [1.82, 2.24) is 0 Å². The van der Waals surface area contributed by atoms with E-state index in [-0.39, 0.29) is 12.6 Å². The van der Waals surface area contributed by atoms with E-state index < -0.39 is 11.0 Å². The van der Waals surface area contributed by atoms with Crippen LogP contribution in [0.25, 0.3) is 0 Å². The number of benzene rings is 1. The Morgan fingerprint density at radius 1 is 1.16 bits per heavy atom. The Hall–Kier alpha value is -1.35. The largest absolute Gasteiger partial charge is 0.460 e. The monoisotopic (exact) mass is 264 g/mol. The highest BCUT2D eigenvalue weighted by Gasteiger charge is 2.27. The van der Waals surface area contributed by atoms with Crippen molar-refractivity contribution < 1.29 is 14.6 Å². The number of carbonyl (C=O) groups is 1. The second-order valence-electron chi connectivity index (χ2n) is 6.07. The molecule has 1 rings (SSSR count). The number of ether oxygens (including phenoxy) is 1. The number of carbonyl (C=O) groups excluding carboxylic acids is 1. The third-order valence-electron chi connectivity index (χ3n) is 3.47. The molecule has 0 saturated carbocycles. The molecule has 0 aromatic heterocycles. The minimum Gasteiger partial charge on any atom is -0.460 e. The van der Waals surface area contributed by atoms with Crippen LogP contribution in [0.1, 0.15) is 52.2 Å². The van der Waals surface area contributed by atoms with E-state index in [1.54, 1.807) is 13.8 Å². The van der Waals surface area contributed by atoms with Crippen LogP contribution >= 0.6 is 0 Å². The second kappa shape index (κ2) is 5.74. The first kappa shape index (κ1) is 15.7. The molecule has 3 nitrogen and oxygen atoms in total. The molecule has 0 spiro atoms. The molecule has 0 heterocycles. The molecular formula is C16H24O3. The van der Waals surface area contributed by atoms with Gasteiger partial charge in [0, 0.05) is 0 Å². The van der Waals surface area contributed by atoms with Gasteiger partial charge in [0.15, 0.2) is 0 Å². The van der Waals surface area contributed by atoms with Crippen LogP contribution in [0.4, 0.5) is 0 Å². The summed E-state index contributed by atoms with van der Waals surface area (Å²) in [5, 5.41) is 9.85. The zero-order valence-corrected chi connectivity index (χ0v) is 12.5. The molecule has 0 aliphatic heterocycles. The van der Waals surface area contributed by atoms with Gasteiger partial charge in [0.2, 0.25) is 0 Å². The van der Waals surface area contributed by atoms with E-state index in [0.717, 1.165) is 17.5 Å². The highest BCUT2D eigenvalue weighted by atomic mass is 16.5. The highest BCUT2D eigenvalue weighted by molar-refractivity contribution is 5.75. The summed E-state index contributed by atoms with van der Waals surface area (Å²) < 4.78 is 5.31. The van der Waals surface area contributed by atoms with E-state index >= 15 is 0 Å². The average Bonchev–Trinajstić information content (AvgIpc) is 2.35. The fourth-order valence-corrected chi connectivity index (χ4v) is 1.50. The second-order valence-corrected chi connectivity index (χ2v) is 6.07. The number of esters is 1. The molecule has 0 bridgehead atoms. The Balaban J connectivity index is 2.63. The van der Waals surface area contributed by atoms with Crippen LogP contribution in [0, 0.1) is 5.41 Å². The van der Waals surface area contributed by atoms with Crippen LogP contribution in [-0.4, -0.2) is 11.1 Å². The summed E-state index contributed by atoms with van der Waals surface area (Å²) in [5.74, 6) is -0.179. The van der Waals surface area contributed by atoms with Gasteiger partial charge in [-0.15, -0.1) is 0 Å². The van der Waals surface area contributed by atoms with Gasteiger partial charge in [-0.2, -0.15) is 0 Å². The number of rotatable bonds is 5. The topological polar surface area (TPSA) is 46.5 Å². The Kier molecular flexibility index (Phi) is 4.75. The van der Waals surface area contributed by atoms with Crippen molar-refractivity contribution in [1.29, 1.82) is 0 Å². The Morgan fingerprint density at radius 3 is 2.11 bits per heavy atom. The smallest absolute Gasteiger partial charge is 0.311 e. The first-order valence-electron chi connectivity index (χ1n) is 6.66. The highest BCUT2D eigenvalue weighted by Crippen LogP contribution is 2.23. The van der Waals surface area contributed by atoms with Gasteiger partial charge in [-0.1, -0.05) is 31.2 Å². The number of hydrogen-bond donors (Lipinski definition) is 1. The average molecular weight is 264 g/mol. The summed E-state index contributed by atoms with van der Waals surface area (Å²) in [7, 11) is 0. The van der Waals surface area contributed by atoms with Crippen molar-refractivity contribution >= 4 is 5.97 Å². The van der Waals surface area contributed by atoms with Gasteiger partial charge in [-0.3, -0.25) is 4.79 Å². The summed E-state index contributed by atoms with van der Waals surface area (Å²) in [6, 6.07) is 7.46. The maximum atomic E-state index is 11.8. The van der Waals surface area contributed by atoms with Crippen LogP contribution in [0.5, 0.6) is 0 Å². The zero-order valence-electron chi connectivity index (χ0n) is 12.5. The molecule has 0 amide bonds. The molecular weight excluding hydrogens is 240 g/mol. The normalized spacial score (nSPS) is 12.3. The molecule has 19 heavy (non-hydrogen) atoms. The maximum absolute atomic E-state index is 11.8. The SMILES string of the molecule is CCC(C)(C)C(=O)OCc1ccc(C(C)(C)O)cc1. The molecule has 1 N–H and O–H groups in total. The lowest BCUT2D eigenvalue weighted by Crippen LogP contribution is -2.25. The van der Waals surface area contributed by atoms with E-state index in [1.165, 1.54) is 0 Å². The molecule has 0 atom stereocenters. The van der Waals surface area contributed by atoms with Gasteiger partial charge in [-0.05, 0) is 45.2 Å². The van der Waals surface area contributed by atoms with E-state index in [1.807, 2.05) is 45.0 Å². The number of aliphatic hydroxyl groups is 1.